The summed E-state index contributed by atoms with van der Waals surface area (Å²) in [4.78, 5) is 20.2. The second-order valence-corrected chi connectivity index (χ2v) is 9.05. The van der Waals surface area contributed by atoms with E-state index in [1.165, 1.54) is 0 Å². The second kappa shape index (κ2) is 11.0. The van der Waals surface area contributed by atoms with Gasteiger partial charge in [0.15, 0.2) is 6.01 Å². The third kappa shape index (κ3) is 5.58. The molecular weight excluding hydrogens is 457 g/mol. The number of ether oxygens (including phenoxy) is 2. The summed E-state index contributed by atoms with van der Waals surface area (Å²) in [6, 6.07) is 5.52. The molecule has 3 aromatic heterocycles. The van der Waals surface area contributed by atoms with Gasteiger partial charge in [0.2, 0.25) is 11.8 Å². The van der Waals surface area contributed by atoms with Crippen molar-refractivity contribution in [3.05, 3.63) is 36.8 Å². The minimum absolute atomic E-state index is 0.0576. The van der Waals surface area contributed by atoms with Crippen LogP contribution in [0.15, 0.2) is 36.8 Å². The third-order valence-corrected chi connectivity index (χ3v) is 6.55. The van der Waals surface area contributed by atoms with E-state index >= 15 is 0 Å². The van der Waals surface area contributed by atoms with Crippen molar-refractivity contribution < 1.29 is 13.9 Å². The largest absolute Gasteiger partial charge is 0.474 e. The van der Waals surface area contributed by atoms with Gasteiger partial charge in [-0.15, -0.1) is 0 Å². The molecule has 5 rings (SSSR count). The number of hydrogen-bond acceptors (Lipinski definition) is 10. The second-order valence-electron chi connectivity index (χ2n) is 8.34. The third-order valence-electron chi connectivity index (χ3n) is 6.06. The van der Waals surface area contributed by atoms with Crippen molar-refractivity contribution in [2.45, 2.75) is 37.8 Å². The number of pyridine rings is 2. The first kappa shape index (κ1) is 22.9. The SMILES string of the molecule is FCSNc1cnc2cc(N3CCOCC3)nc(OC3CCC(Nc4ncccn4)CC3)c2c1. The molecule has 11 heteroatoms. The maximum absolute atomic E-state index is 12.6. The Labute approximate surface area is 202 Å². The lowest BCUT2D eigenvalue weighted by atomic mass is 9.93. The number of rotatable bonds is 8. The molecule has 9 nitrogen and oxygen atoms in total. The van der Waals surface area contributed by atoms with Gasteiger partial charge in [0, 0.05) is 37.6 Å². The van der Waals surface area contributed by atoms with E-state index in [4.69, 9.17) is 14.5 Å². The maximum Gasteiger partial charge on any atom is 0.225 e. The zero-order valence-corrected chi connectivity index (χ0v) is 19.6. The standard InChI is InChI=1S/C23H28FN7O2S/c24-15-34-30-17-12-19-20(27-14-17)13-21(31-8-10-32-11-9-31)29-22(19)33-18-4-2-16(3-5-18)28-23-25-6-1-7-26-23/h1,6-7,12-14,16,18,30H,2-5,8-11,15H2,(H,25,26,28). The predicted octanol–water partition coefficient (Wildman–Crippen LogP) is 4.05. The van der Waals surface area contributed by atoms with Crippen molar-refractivity contribution in [1.82, 2.24) is 19.9 Å². The lowest BCUT2D eigenvalue weighted by Crippen LogP contribution is -2.37. The van der Waals surface area contributed by atoms with Crippen LogP contribution in [0.4, 0.5) is 21.8 Å². The molecule has 0 amide bonds. The quantitative estimate of drug-likeness (QED) is 0.455. The van der Waals surface area contributed by atoms with E-state index in [-0.39, 0.29) is 6.10 Å². The summed E-state index contributed by atoms with van der Waals surface area (Å²) in [7, 11) is 0. The molecule has 0 aromatic carbocycles. The minimum Gasteiger partial charge on any atom is -0.474 e. The van der Waals surface area contributed by atoms with Gasteiger partial charge in [-0.05, 0) is 49.8 Å². The van der Waals surface area contributed by atoms with Crippen LogP contribution in [0.5, 0.6) is 5.88 Å². The van der Waals surface area contributed by atoms with Crippen LogP contribution in [-0.4, -0.2) is 64.4 Å². The van der Waals surface area contributed by atoms with Crippen molar-refractivity contribution in [3.8, 4) is 5.88 Å². The molecule has 1 saturated carbocycles. The van der Waals surface area contributed by atoms with Crippen molar-refractivity contribution in [2.75, 3.05) is 47.2 Å². The Hall–Kier alpha value is -2.92. The fraction of sp³-hybridized carbons (Fsp3) is 0.478. The molecule has 0 bridgehead atoms. The molecule has 0 unspecified atom stereocenters. The zero-order chi connectivity index (χ0) is 23.2. The average Bonchev–Trinajstić information content (AvgIpc) is 2.89. The maximum atomic E-state index is 12.6. The summed E-state index contributed by atoms with van der Waals surface area (Å²) in [5, 5.41) is 4.23. The Bertz CT molecular complexity index is 1080. The molecule has 2 aliphatic rings. The Morgan fingerprint density at radius 2 is 1.88 bits per heavy atom. The number of alkyl halides is 1. The number of anilines is 3. The topological polar surface area (TPSA) is 97.3 Å². The molecule has 0 spiro atoms. The molecule has 0 atom stereocenters. The first-order chi connectivity index (χ1) is 16.8. The normalized spacial score (nSPS) is 20.8. The van der Waals surface area contributed by atoms with Gasteiger partial charge in [-0.1, -0.05) is 0 Å². The van der Waals surface area contributed by atoms with Crippen LogP contribution in [-0.2, 0) is 4.74 Å². The molecule has 2 fully saturated rings. The van der Waals surface area contributed by atoms with Gasteiger partial charge in [0.25, 0.3) is 0 Å². The number of fused-ring (bicyclic) bond motifs is 1. The summed E-state index contributed by atoms with van der Waals surface area (Å²) in [5.41, 5.74) is 1.52. The smallest absolute Gasteiger partial charge is 0.225 e. The highest BCUT2D eigenvalue weighted by Gasteiger charge is 2.25. The Morgan fingerprint density at radius 1 is 1.09 bits per heavy atom. The summed E-state index contributed by atoms with van der Waals surface area (Å²) in [6.07, 6.45) is 8.97. The van der Waals surface area contributed by atoms with E-state index in [1.807, 2.05) is 18.2 Å². The van der Waals surface area contributed by atoms with E-state index in [9.17, 15) is 4.39 Å². The molecule has 1 saturated heterocycles. The van der Waals surface area contributed by atoms with E-state index in [2.05, 4.69) is 29.9 Å². The Balaban J connectivity index is 1.33. The van der Waals surface area contributed by atoms with E-state index < -0.39 is 6.01 Å². The van der Waals surface area contributed by atoms with Gasteiger partial charge in [0.05, 0.1) is 36.0 Å². The zero-order valence-electron chi connectivity index (χ0n) is 18.8. The molecule has 0 radical (unpaired) electrons. The Morgan fingerprint density at radius 3 is 2.65 bits per heavy atom. The molecule has 2 N–H and O–H groups in total. The number of nitrogens with one attached hydrogen (secondary N) is 2. The molecule has 1 aliphatic carbocycles. The van der Waals surface area contributed by atoms with Crippen molar-refractivity contribution >= 4 is 40.3 Å². The summed E-state index contributed by atoms with van der Waals surface area (Å²) < 4.78 is 27.6. The molecule has 34 heavy (non-hydrogen) atoms. The van der Waals surface area contributed by atoms with Crippen LogP contribution in [0.25, 0.3) is 10.9 Å². The Kier molecular flexibility index (Phi) is 7.40. The van der Waals surface area contributed by atoms with Crippen LogP contribution < -0.4 is 19.7 Å². The van der Waals surface area contributed by atoms with Gasteiger partial charge in [0.1, 0.15) is 11.9 Å². The van der Waals surface area contributed by atoms with Crippen molar-refractivity contribution in [1.29, 1.82) is 0 Å². The first-order valence-corrected chi connectivity index (χ1v) is 12.5. The molecule has 4 heterocycles. The molecular formula is C23H28FN7O2S. The van der Waals surface area contributed by atoms with Gasteiger partial charge in [-0.2, -0.15) is 4.98 Å². The lowest BCUT2D eigenvalue weighted by molar-refractivity contribution is 0.122. The fourth-order valence-electron chi connectivity index (χ4n) is 4.33. The highest BCUT2D eigenvalue weighted by molar-refractivity contribution is 8.00. The van der Waals surface area contributed by atoms with Crippen LogP contribution in [0, 0.1) is 0 Å². The van der Waals surface area contributed by atoms with Crippen LogP contribution >= 0.6 is 11.9 Å². The number of morpholine rings is 1. The van der Waals surface area contributed by atoms with E-state index in [1.54, 1.807) is 18.6 Å². The monoisotopic (exact) mass is 485 g/mol. The van der Waals surface area contributed by atoms with E-state index in [0.717, 1.165) is 73.1 Å². The van der Waals surface area contributed by atoms with E-state index in [0.29, 0.717) is 31.1 Å². The number of halogens is 1. The molecule has 1 aliphatic heterocycles. The van der Waals surface area contributed by atoms with Gasteiger partial charge >= 0.3 is 0 Å². The summed E-state index contributed by atoms with van der Waals surface area (Å²) in [6.45, 7) is 2.91. The van der Waals surface area contributed by atoms with Gasteiger partial charge in [-0.25, -0.2) is 14.4 Å². The highest BCUT2D eigenvalue weighted by atomic mass is 32.2. The summed E-state index contributed by atoms with van der Waals surface area (Å²) >= 11 is 0.981. The van der Waals surface area contributed by atoms with Crippen LogP contribution in [0.1, 0.15) is 25.7 Å². The first-order valence-electron chi connectivity index (χ1n) is 11.6. The number of aromatic nitrogens is 4. The van der Waals surface area contributed by atoms with Crippen LogP contribution in [0.2, 0.25) is 0 Å². The van der Waals surface area contributed by atoms with Gasteiger partial charge in [-0.3, -0.25) is 4.98 Å². The summed E-state index contributed by atoms with van der Waals surface area (Å²) in [5.74, 6) is 2.08. The van der Waals surface area contributed by atoms with Crippen molar-refractivity contribution in [3.63, 3.8) is 0 Å². The van der Waals surface area contributed by atoms with Crippen molar-refractivity contribution in [2.24, 2.45) is 0 Å². The highest BCUT2D eigenvalue weighted by Crippen LogP contribution is 2.33. The fourth-order valence-corrected chi connectivity index (χ4v) is 4.66. The van der Waals surface area contributed by atoms with Gasteiger partial charge < -0.3 is 24.4 Å². The molecule has 180 valence electrons. The number of hydrogen-bond donors (Lipinski definition) is 2. The van der Waals surface area contributed by atoms with Crippen LogP contribution in [0.3, 0.4) is 0 Å². The minimum atomic E-state index is -0.527. The molecule has 3 aromatic rings. The number of nitrogens with zero attached hydrogens (tertiary/aromatic N) is 5. The average molecular weight is 486 g/mol. The predicted molar refractivity (Wildman–Crippen MR) is 132 cm³/mol. The lowest BCUT2D eigenvalue weighted by Gasteiger charge is -2.31.